The predicted octanol–water partition coefficient (Wildman–Crippen LogP) is 1.90. The molecule has 0 aliphatic heterocycles. The van der Waals surface area contributed by atoms with Crippen LogP contribution in [-0.4, -0.2) is 21.0 Å². The number of aromatic nitrogens is 3. The van der Waals surface area contributed by atoms with Crippen LogP contribution in [0.3, 0.4) is 0 Å². The minimum Gasteiger partial charge on any atom is -0.327 e. The molecule has 3 rings (SSSR count). The highest BCUT2D eigenvalue weighted by Crippen LogP contribution is 2.45. The van der Waals surface area contributed by atoms with Gasteiger partial charge in [-0.05, 0) is 17.8 Å². The van der Waals surface area contributed by atoms with Crippen LogP contribution in [0.5, 0.6) is 0 Å². The number of hydrogen-bond donors (Lipinski definition) is 1. The molecule has 0 aromatic carbocycles. The van der Waals surface area contributed by atoms with E-state index >= 15 is 0 Å². The third-order valence-electron chi connectivity index (χ3n) is 4.98. The van der Waals surface area contributed by atoms with Crippen molar-refractivity contribution < 1.29 is 0 Å². The van der Waals surface area contributed by atoms with E-state index in [1.54, 1.807) is 4.68 Å². The lowest BCUT2D eigenvalue weighted by atomic mass is 9.61. The zero-order valence-electron chi connectivity index (χ0n) is 11.3. The summed E-state index contributed by atoms with van der Waals surface area (Å²) < 4.78 is 1.77. The van der Waals surface area contributed by atoms with Crippen molar-refractivity contribution in [3.63, 3.8) is 0 Å². The first kappa shape index (κ1) is 12.2. The van der Waals surface area contributed by atoms with Crippen molar-refractivity contribution in [2.24, 2.45) is 30.5 Å². The Labute approximate surface area is 109 Å². The fraction of sp³-hybridized carbons (Fsp3) is 0.857. The lowest BCUT2D eigenvalue weighted by Gasteiger charge is -2.45. The Hall–Kier alpha value is -0.900. The minimum absolute atomic E-state index is 0.275. The summed E-state index contributed by atoms with van der Waals surface area (Å²) in [6.07, 6.45) is 11.3. The van der Waals surface area contributed by atoms with E-state index < -0.39 is 0 Å². The monoisotopic (exact) mass is 248 g/mol. The third-order valence-corrected chi connectivity index (χ3v) is 4.98. The quantitative estimate of drug-likeness (QED) is 0.866. The highest BCUT2D eigenvalue weighted by atomic mass is 15.4. The van der Waals surface area contributed by atoms with Gasteiger partial charge in [-0.15, -0.1) is 5.10 Å². The standard InChI is InChI=1S/C14H24N4/c1-18-9-12(16-17-18)8-13(15)14(10-4-2-5-10)11-6-3-7-11/h9-11,13-14H,2-8,15H2,1H3. The number of aryl methyl sites for hydroxylation is 1. The van der Waals surface area contributed by atoms with Crippen LogP contribution in [0.25, 0.3) is 0 Å². The Morgan fingerprint density at radius 2 is 1.89 bits per heavy atom. The lowest BCUT2D eigenvalue weighted by molar-refractivity contribution is 0.0712. The predicted molar refractivity (Wildman–Crippen MR) is 70.9 cm³/mol. The fourth-order valence-electron chi connectivity index (χ4n) is 3.60. The Kier molecular flexibility index (Phi) is 3.37. The van der Waals surface area contributed by atoms with Crippen molar-refractivity contribution in [1.82, 2.24) is 15.0 Å². The summed E-state index contributed by atoms with van der Waals surface area (Å²) in [4.78, 5) is 0. The first-order valence-corrected chi connectivity index (χ1v) is 7.35. The molecule has 0 saturated heterocycles. The maximum absolute atomic E-state index is 6.50. The molecule has 1 atom stereocenters. The molecule has 2 saturated carbocycles. The van der Waals surface area contributed by atoms with Crippen LogP contribution >= 0.6 is 0 Å². The van der Waals surface area contributed by atoms with Gasteiger partial charge in [0.15, 0.2) is 0 Å². The summed E-state index contributed by atoms with van der Waals surface area (Å²) in [7, 11) is 1.91. The van der Waals surface area contributed by atoms with Crippen LogP contribution in [0.15, 0.2) is 6.20 Å². The van der Waals surface area contributed by atoms with Crippen LogP contribution in [-0.2, 0) is 13.5 Å². The molecule has 2 fully saturated rings. The highest BCUT2D eigenvalue weighted by Gasteiger charge is 2.39. The molecule has 1 aromatic heterocycles. The second kappa shape index (κ2) is 5.00. The maximum Gasteiger partial charge on any atom is 0.0842 e. The van der Waals surface area contributed by atoms with Gasteiger partial charge in [-0.3, -0.25) is 4.68 Å². The van der Waals surface area contributed by atoms with Crippen molar-refractivity contribution in [1.29, 1.82) is 0 Å². The summed E-state index contributed by atoms with van der Waals surface area (Å²) >= 11 is 0. The van der Waals surface area contributed by atoms with Gasteiger partial charge in [0.05, 0.1) is 5.69 Å². The first-order valence-electron chi connectivity index (χ1n) is 7.35. The van der Waals surface area contributed by atoms with Crippen molar-refractivity contribution in [3.05, 3.63) is 11.9 Å². The number of hydrogen-bond acceptors (Lipinski definition) is 3. The second-order valence-corrected chi connectivity index (χ2v) is 6.21. The molecule has 0 bridgehead atoms. The molecule has 4 nitrogen and oxygen atoms in total. The summed E-state index contributed by atoms with van der Waals surface area (Å²) in [5.74, 6) is 2.51. The van der Waals surface area contributed by atoms with Gasteiger partial charge in [-0.25, -0.2) is 0 Å². The topological polar surface area (TPSA) is 56.7 Å². The molecule has 18 heavy (non-hydrogen) atoms. The molecule has 2 N–H and O–H groups in total. The zero-order valence-corrected chi connectivity index (χ0v) is 11.3. The molecule has 1 aromatic rings. The SMILES string of the molecule is Cn1cc(CC(N)C(C2CCC2)C2CCC2)nn1. The van der Waals surface area contributed by atoms with Crippen molar-refractivity contribution in [2.75, 3.05) is 0 Å². The van der Waals surface area contributed by atoms with E-state index in [0.717, 1.165) is 29.9 Å². The van der Waals surface area contributed by atoms with E-state index in [9.17, 15) is 0 Å². The van der Waals surface area contributed by atoms with Gasteiger partial charge >= 0.3 is 0 Å². The molecule has 2 aliphatic rings. The minimum atomic E-state index is 0.275. The Bertz CT molecular complexity index is 378. The number of nitrogens with zero attached hydrogens (tertiary/aromatic N) is 3. The van der Waals surface area contributed by atoms with Gasteiger partial charge < -0.3 is 5.73 Å². The van der Waals surface area contributed by atoms with Gasteiger partial charge in [-0.1, -0.05) is 43.7 Å². The second-order valence-electron chi connectivity index (χ2n) is 6.21. The van der Waals surface area contributed by atoms with E-state index in [0.29, 0.717) is 0 Å². The molecule has 2 aliphatic carbocycles. The molecular weight excluding hydrogens is 224 g/mol. The van der Waals surface area contributed by atoms with Gasteiger partial charge in [0.2, 0.25) is 0 Å². The van der Waals surface area contributed by atoms with E-state index in [2.05, 4.69) is 10.3 Å². The normalized spacial score (nSPS) is 22.8. The average molecular weight is 248 g/mol. The van der Waals surface area contributed by atoms with Gasteiger partial charge in [-0.2, -0.15) is 0 Å². The van der Waals surface area contributed by atoms with Gasteiger partial charge in [0, 0.05) is 25.7 Å². The van der Waals surface area contributed by atoms with Crippen LogP contribution in [0.1, 0.15) is 44.2 Å². The molecule has 1 unspecified atom stereocenters. The average Bonchev–Trinajstić information content (AvgIpc) is 2.57. The van der Waals surface area contributed by atoms with Crippen molar-refractivity contribution >= 4 is 0 Å². The molecule has 0 radical (unpaired) electrons. The molecule has 0 amide bonds. The number of rotatable bonds is 5. The van der Waals surface area contributed by atoms with Gasteiger partial charge in [0.25, 0.3) is 0 Å². The Morgan fingerprint density at radius 3 is 2.28 bits per heavy atom. The van der Waals surface area contributed by atoms with Crippen molar-refractivity contribution in [3.8, 4) is 0 Å². The van der Waals surface area contributed by atoms with Crippen LogP contribution in [0.2, 0.25) is 0 Å². The fourth-order valence-corrected chi connectivity index (χ4v) is 3.60. The van der Waals surface area contributed by atoms with Crippen molar-refractivity contribution in [2.45, 2.75) is 51.0 Å². The molecule has 0 spiro atoms. The highest BCUT2D eigenvalue weighted by molar-refractivity contribution is 5.00. The van der Waals surface area contributed by atoms with Gasteiger partial charge in [0.1, 0.15) is 0 Å². The van der Waals surface area contributed by atoms with Crippen LogP contribution < -0.4 is 5.73 Å². The van der Waals surface area contributed by atoms with E-state index in [4.69, 9.17) is 5.73 Å². The Morgan fingerprint density at radius 1 is 1.28 bits per heavy atom. The molecule has 1 heterocycles. The van der Waals surface area contributed by atoms with Crippen LogP contribution in [0.4, 0.5) is 0 Å². The number of nitrogens with two attached hydrogens (primary N) is 1. The van der Waals surface area contributed by atoms with E-state index in [1.807, 2.05) is 13.2 Å². The third kappa shape index (κ3) is 2.30. The van der Waals surface area contributed by atoms with E-state index in [-0.39, 0.29) is 6.04 Å². The summed E-state index contributed by atoms with van der Waals surface area (Å²) in [5, 5.41) is 8.18. The lowest BCUT2D eigenvalue weighted by Crippen LogP contribution is -2.45. The molecule has 4 heteroatoms. The summed E-state index contributed by atoms with van der Waals surface area (Å²) in [6, 6.07) is 0.275. The smallest absolute Gasteiger partial charge is 0.0842 e. The molecular formula is C14H24N4. The molecule has 100 valence electrons. The largest absolute Gasteiger partial charge is 0.327 e. The zero-order chi connectivity index (χ0) is 12.5. The summed E-state index contributed by atoms with van der Waals surface area (Å²) in [6.45, 7) is 0. The maximum atomic E-state index is 6.50. The van der Waals surface area contributed by atoms with Crippen LogP contribution in [0, 0.1) is 17.8 Å². The first-order chi connectivity index (χ1) is 8.74. The Balaban J connectivity index is 1.65. The summed E-state index contributed by atoms with van der Waals surface area (Å²) in [5.41, 5.74) is 7.55. The van der Waals surface area contributed by atoms with E-state index in [1.165, 1.54) is 38.5 Å².